The third kappa shape index (κ3) is 12.5. The average molecular weight is 815 g/mol. The second-order valence-corrected chi connectivity index (χ2v) is 16.0. The zero-order valence-corrected chi connectivity index (χ0v) is 34.7. The lowest BCUT2D eigenvalue weighted by atomic mass is 9.94. The van der Waals surface area contributed by atoms with Gasteiger partial charge >= 0.3 is 0 Å². The number of ether oxygens (including phenoxy) is 4. The molecule has 2 atom stereocenters. The minimum atomic E-state index is -0.863. The van der Waals surface area contributed by atoms with Gasteiger partial charge in [0.05, 0.1) is 25.9 Å². The van der Waals surface area contributed by atoms with Crippen molar-refractivity contribution >= 4 is 23.2 Å². The number of phenolic OH excluding ortho intramolecular Hbond substituents is 2. The number of methoxy groups -OCH3 is 1. The van der Waals surface area contributed by atoms with E-state index in [2.05, 4.69) is 68.0 Å². The van der Waals surface area contributed by atoms with Crippen LogP contribution in [-0.2, 0) is 22.4 Å². The molecule has 0 bridgehead atoms. The summed E-state index contributed by atoms with van der Waals surface area (Å²) in [6, 6.07) is 22.1. The summed E-state index contributed by atoms with van der Waals surface area (Å²) in [5.41, 5.74) is 3.23. The minimum Gasteiger partial charge on any atom is -0.506 e. The number of rotatable bonds is 17. The van der Waals surface area contributed by atoms with E-state index in [0.29, 0.717) is 29.2 Å². The highest BCUT2D eigenvalue weighted by atomic mass is 16.5. The van der Waals surface area contributed by atoms with Gasteiger partial charge in [-0.1, -0.05) is 37.6 Å². The van der Waals surface area contributed by atoms with Crippen LogP contribution in [0.15, 0.2) is 72.8 Å². The number of amides is 2. The van der Waals surface area contributed by atoms with Crippen molar-refractivity contribution in [2.45, 2.75) is 83.6 Å². The SMILES string of the molecule is CCCCOc1ccc(CC(C)(C)NCC(O)c2ccc(O)c3c2OCC(=O)N3)cc1.COc1ccc(CC(C)(C)NCC(O)c2ccc(O)c3c2OCC(=O)N3)cc1. The fourth-order valence-electron chi connectivity index (χ4n) is 6.77. The number of phenols is 2. The Morgan fingerprint density at radius 3 is 1.51 bits per heavy atom. The summed E-state index contributed by atoms with van der Waals surface area (Å²) < 4.78 is 21.8. The summed E-state index contributed by atoms with van der Waals surface area (Å²) in [6.45, 7) is 11.4. The second-order valence-electron chi connectivity index (χ2n) is 16.0. The normalized spacial score (nSPS) is 14.5. The number of carbonyl (C=O) groups excluding carboxylic acids is 2. The minimum absolute atomic E-state index is 0.0885. The molecule has 0 aromatic heterocycles. The van der Waals surface area contributed by atoms with Crippen LogP contribution < -0.4 is 40.2 Å². The fourth-order valence-corrected chi connectivity index (χ4v) is 6.77. The Kier molecular flexibility index (Phi) is 15.1. The molecule has 2 aliphatic heterocycles. The van der Waals surface area contributed by atoms with Gasteiger partial charge in [0.1, 0.15) is 34.4 Å². The fraction of sp³-hybridized carbons (Fsp3) is 0.422. The molecule has 8 N–H and O–H groups in total. The Hall–Kier alpha value is -5.54. The number of fused-ring (bicyclic) bond motifs is 2. The van der Waals surface area contributed by atoms with E-state index in [9.17, 15) is 30.0 Å². The van der Waals surface area contributed by atoms with Crippen molar-refractivity contribution in [3.05, 3.63) is 95.1 Å². The molecule has 2 unspecified atom stereocenters. The molecule has 318 valence electrons. The van der Waals surface area contributed by atoms with E-state index >= 15 is 0 Å². The van der Waals surface area contributed by atoms with E-state index in [-0.39, 0.29) is 65.5 Å². The molecule has 2 aliphatic rings. The molecule has 0 saturated carbocycles. The van der Waals surface area contributed by atoms with Crippen LogP contribution in [0.5, 0.6) is 34.5 Å². The van der Waals surface area contributed by atoms with Crippen LogP contribution in [0.1, 0.15) is 81.9 Å². The van der Waals surface area contributed by atoms with E-state index < -0.39 is 12.2 Å². The van der Waals surface area contributed by atoms with Crippen LogP contribution >= 0.6 is 0 Å². The number of aliphatic hydroxyl groups is 2. The molecule has 2 heterocycles. The number of hydrogen-bond acceptors (Lipinski definition) is 12. The number of carbonyl (C=O) groups is 2. The Morgan fingerprint density at radius 2 is 1.10 bits per heavy atom. The predicted octanol–water partition coefficient (Wildman–Crippen LogP) is 5.92. The first-order chi connectivity index (χ1) is 28.1. The van der Waals surface area contributed by atoms with Gasteiger partial charge in [0.15, 0.2) is 24.7 Å². The zero-order valence-electron chi connectivity index (χ0n) is 34.7. The first-order valence-electron chi connectivity index (χ1n) is 19.9. The predicted molar refractivity (Wildman–Crippen MR) is 226 cm³/mol. The maximum atomic E-state index is 11.5. The number of anilines is 2. The molecular formula is C45H58N4O10. The Labute approximate surface area is 345 Å². The third-order valence-corrected chi connectivity index (χ3v) is 9.96. The van der Waals surface area contributed by atoms with Gasteiger partial charge < -0.3 is 60.6 Å². The van der Waals surface area contributed by atoms with Gasteiger partial charge in [-0.25, -0.2) is 0 Å². The molecule has 4 aromatic carbocycles. The molecule has 4 aromatic rings. The van der Waals surface area contributed by atoms with Crippen molar-refractivity contribution in [1.82, 2.24) is 10.6 Å². The van der Waals surface area contributed by atoms with Crippen molar-refractivity contribution in [3.63, 3.8) is 0 Å². The number of aromatic hydroxyl groups is 2. The Bertz CT molecular complexity index is 2040. The number of unbranched alkanes of at least 4 members (excludes halogenated alkanes) is 1. The molecule has 14 heteroatoms. The monoisotopic (exact) mass is 814 g/mol. The smallest absolute Gasteiger partial charge is 0.262 e. The summed E-state index contributed by atoms with van der Waals surface area (Å²) >= 11 is 0. The van der Waals surface area contributed by atoms with E-state index in [4.69, 9.17) is 18.9 Å². The summed E-state index contributed by atoms with van der Waals surface area (Å²) in [5.74, 6) is 1.45. The van der Waals surface area contributed by atoms with E-state index in [0.717, 1.165) is 49.4 Å². The molecule has 0 spiro atoms. The first kappa shape index (κ1) is 44.6. The Balaban J connectivity index is 0.000000225. The molecule has 14 nitrogen and oxygen atoms in total. The second kappa shape index (κ2) is 19.9. The maximum Gasteiger partial charge on any atom is 0.262 e. The van der Waals surface area contributed by atoms with Crippen LogP contribution in [0.3, 0.4) is 0 Å². The number of β-amino-alcohol motifs (C(OH)–C–C–N with tert-alkyl or cyclic N) is 2. The van der Waals surface area contributed by atoms with E-state index in [1.54, 1.807) is 19.2 Å². The lowest BCUT2D eigenvalue weighted by Crippen LogP contribution is -2.43. The van der Waals surface area contributed by atoms with E-state index in [1.165, 1.54) is 17.7 Å². The van der Waals surface area contributed by atoms with Crippen LogP contribution in [-0.4, -0.2) is 83.3 Å². The molecular weight excluding hydrogens is 757 g/mol. The van der Waals surface area contributed by atoms with Crippen molar-refractivity contribution in [2.24, 2.45) is 0 Å². The van der Waals surface area contributed by atoms with Crippen LogP contribution in [0.2, 0.25) is 0 Å². The van der Waals surface area contributed by atoms with Gasteiger partial charge in [-0.3, -0.25) is 9.59 Å². The summed E-state index contributed by atoms with van der Waals surface area (Å²) in [4.78, 5) is 23.0. The van der Waals surface area contributed by atoms with Crippen LogP contribution in [0.25, 0.3) is 0 Å². The van der Waals surface area contributed by atoms with Crippen molar-refractivity contribution in [2.75, 3.05) is 50.7 Å². The van der Waals surface area contributed by atoms with Crippen molar-refractivity contribution in [3.8, 4) is 34.5 Å². The average Bonchev–Trinajstić information content (AvgIpc) is 3.21. The molecule has 59 heavy (non-hydrogen) atoms. The largest absolute Gasteiger partial charge is 0.506 e. The highest BCUT2D eigenvalue weighted by Gasteiger charge is 2.29. The molecule has 2 amide bonds. The van der Waals surface area contributed by atoms with E-state index in [1.807, 2.05) is 36.4 Å². The molecule has 0 radical (unpaired) electrons. The third-order valence-electron chi connectivity index (χ3n) is 9.96. The first-order valence-corrected chi connectivity index (χ1v) is 19.9. The Morgan fingerprint density at radius 1 is 0.678 bits per heavy atom. The van der Waals surface area contributed by atoms with Crippen LogP contribution in [0.4, 0.5) is 11.4 Å². The maximum absolute atomic E-state index is 11.5. The summed E-state index contributed by atoms with van der Waals surface area (Å²) in [5, 5.41) is 53.3. The van der Waals surface area contributed by atoms with Gasteiger partial charge in [-0.05, 0) is 107 Å². The topological polar surface area (TPSA) is 200 Å². The molecule has 0 aliphatic carbocycles. The number of nitrogens with one attached hydrogen (secondary N) is 4. The van der Waals surface area contributed by atoms with Gasteiger partial charge in [0.25, 0.3) is 11.8 Å². The van der Waals surface area contributed by atoms with Gasteiger partial charge in [-0.15, -0.1) is 0 Å². The quantitative estimate of drug-likeness (QED) is 0.0463. The lowest BCUT2D eigenvalue weighted by molar-refractivity contribution is -0.119. The standard InChI is InChI=1S/C24H32N2O5.C21H26N2O5/c1-4-5-12-30-17-8-6-16(7-9-17)13-24(2,3)25-14-20(28)18-10-11-19(27)22-23(18)31-15-21(29)26-22;1-21(2,10-13-4-6-14(27-3)7-5-13)22-11-17(25)15-8-9-16(24)19-20(15)28-12-18(26)23-19/h6-11,20,25,27-28H,4-5,12-15H2,1-3H3,(H,26,29);4-9,17,22,24-25H,10-12H2,1-3H3,(H,23,26). The van der Waals surface area contributed by atoms with Crippen molar-refractivity contribution in [1.29, 1.82) is 0 Å². The highest BCUT2D eigenvalue weighted by Crippen LogP contribution is 2.42. The zero-order chi connectivity index (χ0) is 42.7. The lowest BCUT2D eigenvalue weighted by Gasteiger charge is -2.29. The number of hydrogen-bond donors (Lipinski definition) is 8. The molecule has 6 rings (SSSR count). The summed E-state index contributed by atoms with van der Waals surface area (Å²) in [7, 11) is 1.64. The van der Waals surface area contributed by atoms with Gasteiger partial charge in [0, 0.05) is 35.3 Å². The molecule has 0 fully saturated rings. The molecule has 0 saturated heterocycles. The number of benzene rings is 4. The van der Waals surface area contributed by atoms with Gasteiger partial charge in [-0.2, -0.15) is 0 Å². The van der Waals surface area contributed by atoms with Crippen LogP contribution in [0, 0.1) is 0 Å². The van der Waals surface area contributed by atoms with Gasteiger partial charge in [0.2, 0.25) is 0 Å². The highest BCUT2D eigenvalue weighted by molar-refractivity contribution is 5.98. The summed E-state index contributed by atoms with van der Waals surface area (Å²) in [6.07, 6.45) is 1.97. The number of aliphatic hydroxyl groups excluding tert-OH is 2. The van der Waals surface area contributed by atoms with Crippen molar-refractivity contribution < 1.29 is 49.0 Å².